The number of carbonyl (C=O) groups excluding carboxylic acids is 1. The minimum atomic E-state index is 0.273. The van der Waals surface area contributed by atoms with Gasteiger partial charge in [0.25, 0.3) is 0 Å². The van der Waals surface area contributed by atoms with Crippen LogP contribution < -0.4 is 4.74 Å². The second kappa shape index (κ2) is 6.56. The summed E-state index contributed by atoms with van der Waals surface area (Å²) in [6, 6.07) is 22.6. The Morgan fingerprint density at radius 1 is 0.880 bits per heavy atom. The van der Waals surface area contributed by atoms with Gasteiger partial charge < -0.3 is 4.74 Å². The molecule has 0 fully saturated rings. The minimum absolute atomic E-state index is 0.273. The second-order valence-corrected chi connectivity index (χ2v) is 6.55. The molecule has 2 heteroatoms. The lowest BCUT2D eigenvalue weighted by atomic mass is 9.95. The highest BCUT2D eigenvalue weighted by atomic mass is 16.5. The van der Waals surface area contributed by atoms with Crippen molar-refractivity contribution in [1.29, 1.82) is 0 Å². The van der Waals surface area contributed by atoms with Gasteiger partial charge in [-0.05, 0) is 59.4 Å². The molecule has 0 unspecified atom stereocenters. The van der Waals surface area contributed by atoms with E-state index >= 15 is 0 Å². The predicted molar refractivity (Wildman–Crippen MR) is 100 cm³/mol. The lowest BCUT2D eigenvalue weighted by Crippen LogP contribution is -1.96. The Morgan fingerprint density at radius 2 is 1.64 bits per heavy atom. The van der Waals surface area contributed by atoms with Crippen LogP contribution in [-0.4, -0.2) is 5.78 Å². The number of carbonyl (C=O) groups is 1. The Kier molecular flexibility index (Phi) is 4.10. The number of aryl methyl sites for hydroxylation is 2. The van der Waals surface area contributed by atoms with Gasteiger partial charge in [-0.3, -0.25) is 4.79 Å². The van der Waals surface area contributed by atoms with Gasteiger partial charge in [0.05, 0.1) is 0 Å². The summed E-state index contributed by atoms with van der Waals surface area (Å²) in [5, 5.41) is 0. The zero-order valence-corrected chi connectivity index (χ0v) is 14.3. The minimum Gasteiger partial charge on any atom is -0.489 e. The Labute approximate surface area is 148 Å². The van der Waals surface area contributed by atoms with Crippen molar-refractivity contribution < 1.29 is 9.53 Å². The van der Waals surface area contributed by atoms with Crippen molar-refractivity contribution in [2.24, 2.45) is 0 Å². The highest BCUT2D eigenvalue weighted by Crippen LogP contribution is 2.32. The van der Waals surface area contributed by atoms with E-state index in [1.165, 1.54) is 11.1 Å². The molecule has 3 aromatic carbocycles. The topological polar surface area (TPSA) is 26.3 Å². The molecule has 0 N–H and O–H groups in total. The lowest BCUT2D eigenvalue weighted by molar-refractivity contribution is 0.0994. The number of fused-ring (bicyclic) bond motifs is 1. The van der Waals surface area contributed by atoms with Gasteiger partial charge in [-0.15, -0.1) is 0 Å². The molecule has 2 nitrogen and oxygen atoms in total. The molecule has 1 aliphatic carbocycles. The van der Waals surface area contributed by atoms with Gasteiger partial charge in [0.2, 0.25) is 0 Å². The molecular formula is C23H20O2. The van der Waals surface area contributed by atoms with Crippen molar-refractivity contribution in [2.45, 2.75) is 26.4 Å². The van der Waals surface area contributed by atoms with Crippen molar-refractivity contribution in [3.8, 4) is 16.9 Å². The summed E-state index contributed by atoms with van der Waals surface area (Å²) in [6.07, 6.45) is 1.50. The molecule has 0 bridgehead atoms. The number of ether oxygens (including phenoxy) is 1. The summed E-state index contributed by atoms with van der Waals surface area (Å²) in [4.78, 5) is 11.9. The monoisotopic (exact) mass is 328 g/mol. The predicted octanol–water partition coefficient (Wildman–Crippen LogP) is 5.37. The van der Waals surface area contributed by atoms with Gasteiger partial charge in [-0.2, -0.15) is 0 Å². The summed E-state index contributed by atoms with van der Waals surface area (Å²) >= 11 is 0. The second-order valence-electron chi connectivity index (χ2n) is 6.55. The molecule has 4 rings (SSSR count). The molecule has 0 aliphatic heterocycles. The van der Waals surface area contributed by atoms with Crippen LogP contribution in [0.1, 0.15) is 33.5 Å². The zero-order valence-electron chi connectivity index (χ0n) is 14.3. The molecule has 0 spiro atoms. The van der Waals surface area contributed by atoms with Gasteiger partial charge >= 0.3 is 0 Å². The van der Waals surface area contributed by atoms with Crippen LogP contribution in [0.5, 0.6) is 5.75 Å². The Morgan fingerprint density at radius 3 is 2.40 bits per heavy atom. The molecule has 0 aromatic heterocycles. The molecule has 0 amide bonds. The van der Waals surface area contributed by atoms with Crippen molar-refractivity contribution in [1.82, 2.24) is 0 Å². The van der Waals surface area contributed by atoms with E-state index in [2.05, 4.69) is 37.3 Å². The van der Waals surface area contributed by atoms with Crippen LogP contribution in [0.2, 0.25) is 0 Å². The van der Waals surface area contributed by atoms with Crippen molar-refractivity contribution in [2.75, 3.05) is 0 Å². The van der Waals surface area contributed by atoms with Gasteiger partial charge in [-0.25, -0.2) is 0 Å². The summed E-state index contributed by atoms with van der Waals surface area (Å²) in [5.74, 6) is 1.14. The van der Waals surface area contributed by atoms with E-state index in [1.807, 2.05) is 36.4 Å². The summed E-state index contributed by atoms with van der Waals surface area (Å²) in [6.45, 7) is 2.64. The molecule has 0 saturated heterocycles. The first-order valence-electron chi connectivity index (χ1n) is 8.64. The molecule has 25 heavy (non-hydrogen) atoms. The van der Waals surface area contributed by atoms with Crippen LogP contribution in [0.15, 0.2) is 66.7 Å². The number of Topliss-reactive ketones (excluding diaryl/α,β-unsaturated/α-hetero) is 1. The highest BCUT2D eigenvalue weighted by Gasteiger charge is 2.20. The molecular weight excluding hydrogens is 308 g/mol. The maximum Gasteiger partial charge on any atom is 0.163 e. The maximum absolute atomic E-state index is 11.9. The number of ketones is 1. The fraction of sp³-hybridized carbons (Fsp3) is 0.174. The van der Waals surface area contributed by atoms with E-state index in [0.29, 0.717) is 13.0 Å². The van der Waals surface area contributed by atoms with E-state index in [-0.39, 0.29) is 5.78 Å². The van der Waals surface area contributed by atoms with Crippen molar-refractivity contribution in [3.63, 3.8) is 0 Å². The summed E-state index contributed by atoms with van der Waals surface area (Å²) in [5.41, 5.74) is 6.74. The number of benzene rings is 3. The first-order valence-corrected chi connectivity index (χ1v) is 8.64. The average Bonchev–Trinajstić information content (AvgIpc) is 3.01. The number of rotatable bonds is 4. The van der Waals surface area contributed by atoms with E-state index in [1.54, 1.807) is 0 Å². The van der Waals surface area contributed by atoms with Crippen LogP contribution in [-0.2, 0) is 13.0 Å². The van der Waals surface area contributed by atoms with Crippen molar-refractivity contribution in [3.05, 3.63) is 89.0 Å². The SMILES string of the molecule is Cc1cc2c(cc1-c1ccc(OCc3ccccc3)cc1)CCC2=O. The maximum atomic E-state index is 11.9. The molecule has 1 aliphatic rings. The van der Waals surface area contributed by atoms with Crippen LogP contribution in [0, 0.1) is 6.92 Å². The quantitative estimate of drug-likeness (QED) is 0.643. The summed E-state index contributed by atoms with van der Waals surface area (Å²) in [7, 11) is 0. The van der Waals surface area contributed by atoms with Gasteiger partial charge in [0.15, 0.2) is 5.78 Å². The third-order valence-corrected chi connectivity index (χ3v) is 4.79. The number of hydrogen-bond donors (Lipinski definition) is 0. The van der Waals surface area contributed by atoms with Gasteiger partial charge in [0, 0.05) is 12.0 Å². The van der Waals surface area contributed by atoms with Crippen molar-refractivity contribution >= 4 is 5.78 Å². The Hall–Kier alpha value is -2.87. The molecule has 0 atom stereocenters. The third kappa shape index (κ3) is 3.20. The number of hydrogen-bond acceptors (Lipinski definition) is 2. The highest BCUT2D eigenvalue weighted by molar-refractivity contribution is 6.01. The zero-order chi connectivity index (χ0) is 17.2. The molecule has 124 valence electrons. The van der Waals surface area contributed by atoms with E-state index < -0.39 is 0 Å². The van der Waals surface area contributed by atoms with Gasteiger partial charge in [-0.1, -0.05) is 48.5 Å². The van der Waals surface area contributed by atoms with Crippen LogP contribution in [0.3, 0.4) is 0 Å². The van der Waals surface area contributed by atoms with Crippen LogP contribution in [0.4, 0.5) is 0 Å². The third-order valence-electron chi connectivity index (χ3n) is 4.79. The Balaban J connectivity index is 1.53. The van der Waals surface area contributed by atoms with E-state index in [4.69, 9.17) is 4.74 Å². The molecule has 0 saturated carbocycles. The summed E-state index contributed by atoms with van der Waals surface area (Å²) < 4.78 is 5.86. The largest absolute Gasteiger partial charge is 0.489 e. The first-order chi connectivity index (χ1) is 12.2. The molecule has 0 heterocycles. The standard InChI is InChI=1S/C23H20O2/c1-16-13-22-19(9-12-23(22)24)14-21(16)18-7-10-20(11-8-18)25-15-17-5-3-2-4-6-17/h2-8,10-11,13-14H,9,12,15H2,1H3. The van der Waals surface area contributed by atoms with E-state index in [9.17, 15) is 4.79 Å². The average molecular weight is 328 g/mol. The first kappa shape index (κ1) is 15.6. The van der Waals surface area contributed by atoms with Gasteiger partial charge in [0.1, 0.15) is 12.4 Å². The smallest absolute Gasteiger partial charge is 0.163 e. The fourth-order valence-corrected chi connectivity index (χ4v) is 3.38. The lowest BCUT2D eigenvalue weighted by Gasteiger charge is -2.11. The van der Waals surface area contributed by atoms with E-state index in [0.717, 1.165) is 34.4 Å². The van der Waals surface area contributed by atoms with Crippen LogP contribution >= 0.6 is 0 Å². The fourth-order valence-electron chi connectivity index (χ4n) is 3.38. The normalized spacial score (nSPS) is 12.9. The Bertz CT molecular complexity index is 909. The molecule has 0 radical (unpaired) electrons. The molecule has 3 aromatic rings. The van der Waals surface area contributed by atoms with Crippen LogP contribution in [0.25, 0.3) is 11.1 Å².